The first-order valence-electron chi connectivity index (χ1n) is 9.09. The van der Waals surface area contributed by atoms with Crippen molar-refractivity contribution >= 4 is 28.4 Å². The van der Waals surface area contributed by atoms with E-state index in [2.05, 4.69) is 24.2 Å². The Morgan fingerprint density at radius 3 is 2.85 bits per heavy atom. The summed E-state index contributed by atoms with van der Waals surface area (Å²) < 4.78 is 1.90. The molecule has 1 aliphatic heterocycles. The molecule has 5 nitrogen and oxygen atoms in total. The third-order valence-electron chi connectivity index (χ3n) is 4.93. The van der Waals surface area contributed by atoms with Gasteiger partial charge in [0.2, 0.25) is 5.91 Å². The van der Waals surface area contributed by atoms with Crippen LogP contribution in [-0.4, -0.2) is 22.1 Å². The van der Waals surface area contributed by atoms with Crippen molar-refractivity contribution in [1.29, 1.82) is 0 Å². The Morgan fingerprint density at radius 1 is 1.22 bits per heavy atom. The van der Waals surface area contributed by atoms with Gasteiger partial charge in [-0.05, 0) is 41.2 Å². The van der Waals surface area contributed by atoms with E-state index in [0.717, 1.165) is 22.2 Å². The molecule has 2 aliphatic rings. The number of hydrogen-bond donors (Lipinski definition) is 1. The molecule has 0 saturated heterocycles. The first kappa shape index (κ1) is 17.2. The van der Waals surface area contributed by atoms with Gasteiger partial charge in [0.25, 0.3) is 5.91 Å². The maximum Gasteiger partial charge on any atom is 0.266 e. The normalized spacial score (nSPS) is 20.5. The summed E-state index contributed by atoms with van der Waals surface area (Å²) >= 11 is 0. The Morgan fingerprint density at radius 2 is 2.04 bits per heavy atom. The monoisotopic (exact) mass is 359 g/mol. The van der Waals surface area contributed by atoms with Gasteiger partial charge in [0.1, 0.15) is 6.54 Å². The number of hydrogen-bond acceptors (Lipinski definition) is 2. The highest BCUT2D eigenvalue weighted by Crippen LogP contribution is 2.31. The van der Waals surface area contributed by atoms with E-state index >= 15 is 0 Å². The van der Waals surface area contributed by atoms with Crippen molar-refractivity contribution in [3.05, 3.63) is 72.1 Å². The van der Waals surface area contributed by atoms with Gasteiger partial charge in [-0.15, -0.1) is 0 Å². The molecule has 27 heavy (non-hydrogen) atoms. The number of allylic oxidation sites excluding steroid dienone is 3. The molecule has 1 aromatic carbocycles. The summed E-state index contributed by atoms with van der Waals surface area (Å²) in [5.41, 5.74) is 3.43. The summed E-state index contributed by atoms with van der Waals surface area (Å²) in [4.78, 5) is 28.6. The highest BCUT2D eigenvalue weighted by Gasteiger charge is 2.27. The molecule has 2 amide bonds. The zero-order valence-electron chi connectivity index (χ0n) is 15.3. The summed E-state index contributed by atoms with van der Waals surface area (Å²) in [6.45, 7) is 4.33. The van der Waals surface area contributed by atoms with Gasteiger partial charge in [0.15, 0.2) is 0 Å². The minimum absolute atomic E-state index is 0.0464. The molecule has 0 radical (unpaired) electrons. The molecule has 1 aliphatic carbocycles. The summed E-state index contributed by atoms with van der Waals surface area (Å²) in [5, 5.41) is 3.97. The van der Waals surface area contributed by atoms with Gasteiger partial charge in [0.05, 0.1) is 5.71 Å². The van der Waals surface area contributed by atoms with Gasteiger partial charge in [-0.2, -0.15) is 0 Å². The van der Waals surface area contributed by atoms with Crippen LogP contribution >= 0.6 is 0 Å². The van der Waals surface area contributed by atoms with Crippen molar-refractivity contribution < 1.29 is 9.59 Å². The van der Waals surface area contributed by atoms with Crippen molar-refractivity contribution in [3.8, 4) is 0 Å². The van der Waals surface area contributed by atoms with Crippen LogP contribution in [0.4, 0.5) is 0 Å². The SMILES string of the molecule is CC(C)C1=CC(=O)NC2=CC(=NC(=O)Cn3ccc4ccccc43)C=CC21. The molecule has 2 aromatic rings. The molecule has 5 heteroatoms. The molecule has 0 saturated carbocycles. The molecule has 0 spiro atoms. The quantitative estimate of drug-likeness (QED) is 0.913. The molecule has 0 bridgehead atoms. The van der Waals surface area contributed by atoms with Crippen molar-refractivity contribution in [3.63, 3.8) is 0 Å². The van der Waals surface area contributed by atoms with Crippen LogP contribution in [-0.2, 0) is 16.1 Å². The summed E-state index contributed by atoms with van der Waals surface area (Å²) in [6.07, 6.45) is 9.21. The lowest BCUT2D eigenvalue weighted by molar-refractivity contribution is -0.118. The van der Waals surface area contributed by atoms with Gasteiger partial charge < -0.3 is 9.88 Å². The van der Waals surface area contributed by atoms with Crippen LogP contribution in [0, 0.1) is 11.8 Å². The standard InChI is InChI=1S/C22H21N3O2/c1-14(2)18-12-21(26)24-19-11-16(7-8-17(18)19)23-22(27)13-25-10-9-15-5-3-4-6-20(15)25/h3-12,14,17H,13H2,1-2H3,(H,24,26). The number of amides is 2. The summed E-state index contributed by atoms with van der Waals surface area (Å²) in [7, 11) is 0. The number of benzene rings is 1. The van der Waals surface area contributed by atoms with Gasteiger partial charge in [-0.25, -0.2) is 4.99 Å². The second kappa shape index (κ2) is 6.83. The smallest absolute Gasteiger partial charge is 0.266 e. The number of rotatable bonds is 3. The van der Waals surface area contributed by atoms with E-state index in [4.69, 9.17) is 0 Å². The lowest BCUT2D eigenvalue weighted by Crippen LogP contribution is -2.34. The Bertz CT molecular complexity index is 1050. The van der Waals surface area contributed by atoms with Crippen molar-refractivity contribution in [1.82, 2.24) is 9.88 Å². The van der Waals surface area contributed by atoms with Crippen LogP contribution in [0.25, 0.3) is 10.9 Å². The van der Waals surface area contributed by atoms with E-state index in [0.29, 0.717) is 5.71 Å². The molecule has 1 aromatic heterocycles. The van der Waals surface area contributed by atoms with Gasteiger partial charge in [0, 0.05) is 29.4 Å². The summed E-state index contributed by atoms with van der Waals surface area (Å²) in [6, 6.07) is 9.92. The Labute approximate surface area is 157 Å². The maximum atomic E-state index is 12.4. The lowest BCUT2D eigenvalue weighted by atomic mass is 9.82. The second-order valence-corrected chi connectivity index (χ2v) is 7.16. The fourth-order valence-corrected chi connectivity index (χ4v) is 3.62. The molecule has 1 unspecified atom stereocenters. The number of nitrogens with one attached hydrogen (secondary N) is 1. The van der Waals surface area contributed by atoms with Crippen molar-refractivity contribution in [2.45, 2.75) is 20.4 Å². The Hall–Kier alpha value is -3.21. The molecular formula is C22H21N3O2. The van der Waals surface area contributed by atoms with Crippen molar-refractivity contribution in [2.24, 2.45) is 16.8 Å². The minimum Gasteiger partial charge on any atom is -0.338 e. The molecule has 1 N–H and O–H groups in total. The van der Waals surface area contributed by atoms with Gasteiger partial charge in [-0.3, -0.25) is 9.59 Å². The third-order valence-corrected chi connectivity index (χ3v) is 4.93. The zero-order valence-corrected chi connectivity index (χ0v) is 15.3. The Kier molecular flexibility index (Phi) is 4.36. The molecule has 4 rings (SSSR count). The van der Waals surface area contributed by atoms with Crippen LogP contribution in [0.1, 0.15) is 13.8 Å². The van der Waals surface area contributed by atoms with E-state index in [1.807, 2.05) is 53.2 Å². The first-order valence-corrected chi connectivity index (χ1v) is 9.09. The van der Waals surface area contributed by atoms with Crippen LogP contribution in [0.3, 0.4) is 0 Å². The fraction of sp³-hybridized carbons (Fsp3) is 0.227. The molecule has 0 fully saturated rings. The average molecular weight is 359 g/mol. The number of carbonyl (C=O) groups excluding carboxylic acids is 2. The predicted octanol–water partition coefficient (Wildman–Crippen LogP) is 3.39. The molecule has 136 valence electrons. The second-order valence-electron chi connectivity index (χ2n) is 7.16. The topological polar surface area (TPSA) is 63.5 Å². The average Bonchev–Trinajstić information content (AvgIpc) is 3.03. The predicted molar refractivity (Wildman–Crippen MR) is 106 cm³/mol. The highest BCUT2D eigenvalue weighted by atomic mass is 16.2. The summed E-state index contributed by atoms with van der Waals surface area (Å²) in [5.74, 6) is -0.0320. The van der Waals surface area contributed by atoms with E-state index < -0.39 is 0 Å². The van der Waals surface area contributed by atoms with Crippen LogP contribution in [0.5, 0.6) is 0 Å². The Balaban J connectivity index is 1.55. The van der Waals surface area contributed by atoms with E-state index in [1.165, 1.54) is 0 Å². The number of nitrogens with zero attached hydrogens (tertiary/aromatic N) is 2. The molecular weight excluding hydrogens is 338 g/mol. The number of para-hydroxylation sites is 1. The van der Waals surface area contributed by atoms with Crippen molar-refractivity contribution in [2.75, 3.05) is 0 Å². The van der Waals surface area contributed by atoms with E-state index in [9.17, 15) is 9.59 Å². The number of aliphatic imine (C=N–C) groups is 1. The maximum absolute atomic E-state index is 12.4. The molecule has 2 heterocycles. The lowest BCUT2D eigenvalue weighted by Gasteiger charge is -2.29. The number of fused-ring (bicyclic) bond motifs is 2. The third kappa shape index (κ3) is 3.40. The van der Waals surface area contributed by atoms with Crippen LogP contribution in [0.15, 0.2) is 77.1 Å². The van der Waals surface area contributed by atoms with Crippen LogP contribution < -0.4 is 5.32 Å². The first-order chi connectivity index (χ1) is 13.0. The van der Waals surface area contributed by atoms with Crippen LogP contribution in [0.2, 0.25) is 0 Å². The zero-order chi connectivity index (χ0) is 19.0. The molecule has 1 atom stereocenters. The fourth-order valence-electron chi connectivity index (χ4n) is 3.62. The van der Waals surface area contributed by atoms with Gasteiger partial charge in [-0.1, -0.05) is 38.1 Å². The van der Waals surface area contributed by atoms with Gasteiger partial charge >= 0.3 is 0 Å². The van der Waals surface area contributed by atoms with E-state index in [-0.39, 0.29) is 30.2 Å². The van der Waals surface area contributed by atoms with E-state index in [1.54, 1.807) is 12.2 Å². The largest absolute Gasteiger partial charge is 0.338 e. The minimum atomic E-state index is -0.229. The number of carbonyl (C=O) groups is 2. The number of aromatic nitrogens is 1. The highest BCUT2D eigenvalue weighted by molar-refractivity contribution is 6.11.